The maximum absolute atomic E-state index is 13.1. The van der Waals surface area contributed by atoms with Crippen molar-refractivity contribution in [3.63, 3.8) is 0 Å². The molecule has 0 aliphatic rings. The second-order valence-electron chi connectivity index (χ2n) is 2.64. The molecule has 0 radical (unpaired) electrons. The molecule has 0 saturated carbocycles. The van der Waals surface area contributed by atoms with Crippen LogP contribution < -0.4 is 0 Å². The van der Waals surface area contributed by atoms with E-state index < -0.39 is 6.11 Å². The Labute approximate surface area is 75.6 Å². The van der Waals surface area contributed by atoms with E-state index in [9.17, 15) is 8.78 Å². The molecular weight excluding hydrogens is 176 g/mol. The standard InChI is InChI=1S/C9H11F2NO/c1-3-13-9(10,11)8-4-5-12-7(2)6-8/h4-6H,3H2,1-2H3. The van der Waals surface area contributed by atoms with Gasteiger partial charge in [-0.05, 0) is 26.0 Å². The highest BCUT2D eigenvalue weighted by Gasteiger charge is 2.32. The first-order chi connectivity index (χ1) is 6.06. The number of pyridine rings is 1. The summed E-state index contributed by atoms with van der Waals surface area (Å²) in [4.78, 5) is 3.82. The van der Waals surface area contributed by atoms with Crippen molar-refractivity contribution in [2.45, 2.75) is 20.0 Å². The summed E-state index contributed by atoms with van der Waals surface area (Å²) in [5.74, 6) is 0. The molecule has 0 atom stereocenters. The maximum Gasteiger partial charge on any atom is 0.383 e. The Bertz CT molecular complexity index is 289. The first-order valence-electron chi connectivity index (χ1n) is 4.01. The predicted octanol–water partition coefficient (Wildman–Crippen LogP) is 2.48. The largest absolute Gasteiger partial charge is 0.383 e. The minimum atomic E-state index is -3.21. The zero-order chi connectivity index (χ0) is 9.90. The molecule has 1 aromatic rings. The molecule has 0 fully saturated rings. The van der Waals surface area contributed by atoms with Crippen molar-refractivity contribution in [2.24, 2.45) is 0 Å². The number of halogens is 2. The summed E-state index contributed by atoms with van der Waals surface area (Å²) in [5.41, 5.74) is 0.402. The fourth-order valence-corrected chi connectivity index (χ4v) is 0.991. The Morgan fingerprint density at radius 3 is 2.77 bits per heavy atom. The lowest BCUT2D eigenvalue weighted by atomic mass is 10.2. The minimum Gasteiger partial charge on any atom is -0.317 e. The Hall–Kier alpha value is -1.03. The number of nitrogens with zero attached hydrogens (tertiary/aromatic N) is 1. The molecule has 0 aromatic carbocycles. The van der Waals surface area contributed by atoms with Gasteiger partial charge in [0.15, 0.2) is 0 Å². The van der Waals surface area contributed by atoms with E-state index >= 15 is 0 Å². The molecule has 1 rings (SSSR count). The van der Waals surface area contributed by atoms with Gasteiger partial charge in [0.05, 0.1) is 12.2 Å². The molecule has 4 heteroatoms. The number of hydrogen-bond acceptors (Lipinski definition) is 2. The van der Waals surface area contributed by atoms with Crippen LogP contribution in [0.4, 0.5) is 8.78 Å². The highest BCUT2D eigenvalue weighted by molar-refractivity contribution is 5.18. The van der Waals surface area contributed by atoms with E-state index in [1.807, 2.05) is 0 Å². The highest BCUT2D eigenvalue weighted by atomic mass is 19.3. The van der Waals surface area contributed by atoms with Gasteiger partial charge in [-0.25, -0.2) is 0 Å². The van der Waals surface area contributed by atoms with Crippen LogP contribution in [0, 0.1) is 6.92 Å². The van der Waals surface area contributed by atoms with Crippen molar-refractivity contribution in [3.05, 3.63) is 29.6 Å². The molecule has 0 unspecified atom stereocenters. The Balaban J connectivity index is 2.93. The molecule has 0 amide bonds. The van der Waals surface area contributed by atoms with Gasteiger partial charge in [0.2, 0.25) is 0 Å². The van der Waals surface area contributed by atoms with Crippen molar-refractivity contribution < 1.29 is 13.5 Å². The van der Waals surface area contributed by atoms with Gasteiger partial charge in [-0.3, -0.25) is 4.98 Å². The van der Waals surface area contributed by atoms with E-state index in [4.69, 9.17) is 0 Å². The van der Waals surface area contributed by atoms with Crippen molar-refractivity contribution in [2.75, 3.05) is 6.61 Å². The van der Waals surface area contributed by atoms with Crippen molar-refractivity contribution in [1.82, 2.24) is 4.98 Å². The average molecular weight is 187 g/mol. The first-order valence-corrected chi connectivity index (χ1v) is 4.01. The number of aromatic nitrogens is 1. The van der Waals surface area contributed by atoms with E-state index in [-0.39, 0.29) is 12.2 Å². The van der Waals surface area contributed by atoms with Gasteiger partial charge in [0.1, 0.15) is 0 Å². The number of hydrogen-bond donors (Lipinski definition) is 0. The van der Waals surface area contributed by atoms with Crippen LogP contribution in [0.1, 0.15) is 18.2 Å². The molecule has 0 aliphatic heterocycles. The number of rotatable bonds is 3. The van der Waals surface area contributed by atoms with Crippen LogP contribution in [0.15, 0.2) is 18.3 Å². The summed E-state index contributed by atoms with van der Waals surface area (Å²) in [5, 5.41) is 0. The molecule has 0 saturated heterocycles. The maximum atomic E-state index is 13.1. The summed E-state index contributed by atoms with van der Waals surface area (Å²) in [6, 6.07) is 2.57. The van der Waals surface area contributed by atoms with Crippen LogP contribution in [0.25, 0.3) is 0 Å². The summed E-state index contributed by atoms with van der Waals surface area (Å²) in [6.07, 6.45) is -1.86. The van der Waals surface area contributed by atoms with Gasteiger partial charge >= 0.3 is 6.11 Å². The van der Waals surface area contributed by atoms with E-state index in [2.05, 4.69) is 9.72 Å². The molecule has 13 heavy (non-hydrogen) atoms. The smallest absolute Gasteiger partial charge is 0.317 e. The van der Waals surface area contributed by atoms with E-state index in [0.717, 1.165) is 0 Å². The summed E-state index contributed by atoms with van der Waals surface area (Å²) >= 11 is 0. The Morgan fingerprint density at radius 2 is 2.23 bits per heavy atom. The van der Waals surface area contributed by atoms with Crippen LogP contribution in [0.2, 0.25) is 0 Å². The predicted molar refractivity (Wildman–Crippen MR) is 44.5 cm³/mol. The quantitative estimate of drug-likeness (QED) is 0.725. The highest BCUT2D eigenvalue weighted by Crippen LogP contribution is 2.28. The molecule has 2 nitrogen and oxygen atoms in total. The van der Waals surface area contributed by atoms with E-state index in [1.54, 1.807) is 6.92 Å². The van der Waals surface area contributed by atoms with Gasteiger partial charge in [-0.1, -0.05) is 0 Å². The summed E-state index contributed by atoms with van der Waals surface area (Å²) in [6.45, 7) is 3.17. The lowest BCUT2D eigenvalue weighted by Gasteiger charge is -2.15. The third-order valence-corrected chi connectivity index (χ3v) is 1.56. The van der Waals surface area contributed by atoms with Crippen LogP contribution in [0.5, 0.6) is 0 Å². The van der Waals surface area contributed by atoms with Gasteiger partial charge < -0.3 is 4.74 Å². The SMILES string of the molecule is CCOC(F)(F)c1ccnc(C)c1. The van der Waals surface area contributed by atoms with Crippen LogP contribution >= 0.6 is 0 Å². The third kappa shape index (κ3) is 2.45. The second-order valence-corrected chi connectivity index (χ2v) is 2.64. The number of aryl methyl sites for hydroxylation is 1. The van der Waals surface area contributed by atoms with Gasteiger partial charge in [-0.15, -0.1) is 0 Å². The molecular formula is C9H11F2NO. The van der Waals surface area contributed by atoms with Crippen molar-refractivity contribution in [1.29, 1.82) is 0 Å². The lowest BCUT2D eigenvalue weighted by molar-refractivity contribution is -0.246. The fraction of sp³-hybridized carbons (Fsp3) is 0.444. The van der Waals surface area contributed by atoms with Crippen molar-refractivity contribution in [3.8, 4) is 0 Å². The van der Waals surface area contributed by atoms with Gasteiger partial charge in [0, 0.05) is 11.9 Å². The summed E-state index contributed by atoms with van der Waals surface area (Å²) in [7, 11) is 0. The van der Waals surface area contributed by atoms with Crippen LogP contribution in [-0.4, -0.2) is 11.6 Å². The molecule has 72 valence electrons. The van der Waals surface area contributed by atoms with Crippen LogP contribution in [0.3, 0.4) is 0 Å². The molecule has 0 spiro atoms. The Morgan fingerprint density at radius 1 is 1.54 bits per heavy atom. The van der Waals surface area contributed by atoms with E-state index in [1.165, 1.54) is 25.3 Å². The van der Waals surface area contributed by atoms with E-state index in [0.29, 0.717) is 5.69 Å². The molecule has 0 N–H and O–H groups in total. The average Bonchev–Trinajstić information content (AvgIpc) is 2.04. The van der Waals surface area contributed by atoms with Crippen LogP contribution in [-0.2, 0) is 10.8 Å². The summed E-state index contributed by atoms with van der Waals surface area (Å²) < 4.78 is 30.5. The fourth-order valence-electron chi connectivity index (χ4n) is 0.991. The molecule has 0 aliphatic carbocycles. The zero-order valence-corrected chi connectivity index (χ0v) is 7.55. The van der Waals surface area contributed by atoms with Gasteiger partial charge in [0.25, 0.3) is 0 Å². The van der Waals surface area contributed by atoms with Gasteiger partial charge in [-0.2, -0.15) is 8.78 Å². The third-order valence-electron chi connectivity index (χ3n) is 1.56. The number of ether oxygens (including phenoxy) is 1. The zero-order valence-electron chi connectivity index (χ0n) is 7.55. The minimum absolute atomic E-state index is 0.0195. The van der Waals surface area contributed by atoms with Crippen molar-refractivity contribution >= 4 is 0 Å². The topological polar surface area (TPSA) is 22.1 Å². The molecule has 1 aromatic heterocycles. The first kappa shape index (κ1) is 10.1. The normalized spacial score (nSPS) is 11.7. The molecule has 0 bridgehead atoms. The molecule has 1 heterocycles. The monoisotopic (exact) mass is 187 g/mol. The second kappa shape index (κ2) is 3.79. The number of alkyl halides is 2. The lowest BCUT2D eigenvalue weighted by Crippen LogP contribution is -2.18. The Kier molecular flexibility index (Phi) is 2.93.